The Labute approximate surface area is 150 Å². The number of benzene rings is 2. The molecule has 2 heterocycles. The Balaban J connectivity index is 1.54. The van der Waals surface area contributed by atoms with Crippen LogP contribution in [0.4, 0.5) is 13.2 Å². The van der Waals surface area contributed by atoms with Crippen molar-refractivity contribution in [2.24, 2.45) is 0 Å². The fourth-order valence-corrected chi connectivity index (χ4v) is 3.90. The zero-order chi connectivity index (χ0) is 18.3. The summed E-state index contributed by atoms with van der Waals surface area (Å²) in [4.78, 5) is 16.8. The number of piperazine rings is 1. The van der Waals surface area contributed by atoms with Crippen molar-refractivity contribution in [2.75, 3.05) is 19.6 Å². The van der Waals surface area contributed by atoms with Crippen molar-refractivity contribution in [3.05, 3.63) is 70.8 Å². The number of fused-ring (bicyclic) bond motifs is 2. The molecular formula is C20H19F3N2O. The summed E-state index contributed by atoms with van der Waals surface area (Å²) >= 11 is 0. The molecule has 0 aromatic heterocycles. The number of halogens is 3. The van der Waals surface area contributed by atoms with Gasteiger partial charge < -0.3 is 4.90 Å². The molecule has 0 aliphatic carbocycles. The first-order valence-electron chi connectivity index (χ1n) is 8.69. The van der Waals surface area contributed by atoms with E-state index < -0.39 is 11.7 Å². The van der Waals surface area contributed by atoms with E-state index in [1.165, 1.54) is 11.6 Å². The van der Waals surface area contributed by atoms with Crippen LogP contribution in [0, 0.1) is 0 Å². The van der Waals surface area contributed by atoms with E-state index in [-0.39, 0.29) is 11.9 Å². The van der Waals surface area contributed by atoms with E-state index in [2.05, 4.69) is 17.0 Å². The molecule has 6 heteroatoms. The molecular weight excluding hydrogens is 341 g/mol. The number of amides is 1. The number of alkyl halides is 3. The van der Waals surface area contributed by atoms with E-state index in [1.54, 1.807) is 0 Å². The van der Waals surface area contributed by atoms with Gasteiger partial charge in [-0.1, -0.05) is 30.3 Å². The number of nitrogens with zero attached hydrogens (tertiary/aromatic N) is 2. The van der Waals surface area contributed by atoms with Gasteiger partial charge in [-0.05, 0) is 35.7 Å². The quantitative estimate of drug-likeness (QED) is 0.817. The molecule has 1 saturated heterocycles. The highest BCUT2D eigenvalue weighted by Gasteiger charge is 2.38. The van der Waals surface area contributed by atoms with Gasteiger partial charge in [-0.2, -0.15) is 13.2 Å². The van der Waals surface area contributed by atoms with Crippen LogP contribution in [0.25, 0.3) is 0 Å². The first kappa shape index (κ1) is 17.1. The van der Waals surface area contributed by atoms with Crippen LogP contribution in [-0.4, -0.2) is 41.4 Å². The third-order valence-electron chi connectivity index (χ3n) is 5.20. The molecule has 1 fully saturated rings. The van der Waals surface area contributed by atoms with Crippen LogP contribution in [0.5, 0.6) is 0 Å². The van der Waals surface area contributed by atoms with Gasteiger partial charge in [-0.15, -0.1) is 0 Å². The Bertz CT molecular complexity index is 820. The highest BCUT2D eigenvalue weighted by molar-refractivity contribution is 5.97. The standard InChI is InChI=1S/C20H19F3N2O/c21-20(22,23)16-6-7-18-15(10-16)11-17-13-24(8-9-25(17)19(18)26)12-14-4-2-1-3-5-14/h1-7,10,17H,8-9,11-13H2/t17-/m1/s1. The molecule has 0 spiro atoms. The number of hydrogen-bond acceptors (Lipinski definition) is 2. The fraction of sp³-hybridized carbons (Fsp3) is 0.350. The molecule has 2 aromatic rings. The summed E-state index contributed by atoms with van der Waals surface area (Å²) in [5.41, 5.74) is 1.43. The zero-order valence-electron chi connectivity index (χ0n) is 14.2. The second kappa shape index (κ2) is 6.43. The van der Waals surface area contributed by atoms with Crippen LogP contribution < -0.4 is 0 Å². The maximum absolute atomic E-state index is 13.0. The molecule has 1 atom stereocenters. The number of hydrogen-bond donors (Lipinski definition) is 0. The van der Waals surface area contributed by atoms with Gasteiger partial charge in [0.15, 0.2) is 0 Å². The summed E-state index contributed by atoms with van der Waals surface area (Å²) in [6.45, 7) is 2.84. The third-order valence-corrected chi connectivity index (χ3v) is 5.20. The van der Waals surface area contributed by atoms with Crippen LogP contribution >= 0.6 is 0 Å². The van der Waals surface area contributed by atoms with Crippen molar-refractivity contribution < 1.29 is 18.0 Å². The van der Waals surface area contributed by atoms with Crippen LogP contribution in [0.2, 0.25) is 0 Å². The zero-order valence-corrected chi connectivity index (χ0v) is 14.2. The molecule has 136 valence electrons. The molecule has 1 amide bonds. The maximum atomic E-state index is 13.0. The monoisotopic (exact) mass is 360 g/mol. The summed E-state index contributed by atoms with van der Waals surface area (Å²) in [5.74, 6) is -0.149. The summed E-state index contributed by atoms with van der Waals surface area (Å²) in [6.07, 6.45) is -3.92. The van der Waals surface area contributed by atoms with Gasteiger partial charge >= 0.3 is 6.18 Å². The van der Waals surface area contributed by atoms with Gasteiger partial charge in [0.05, 0.1) is 5.56 Å². The molecule has 0 bridgehead atoms. The van der Waals surface area contributed by atoms with E-state index in [9.17, 15) is 18.0 Å². The smallest absolute Gasteiger partial charge is 0.333 e. The second-order valence-electron chi connectivity index (χ2n) is 6.95. The molecule has 0 saturated carbocycles. The molecule has 0 radical (unpaired) electrons. The highest BCUT2D eigenvalue weighted by atomic mass is 19.4. The molecule has 2 aliphatic heterocycles. The first-order valence-corrected chi connectivity index (χ1v) is 8.69. The lowest BCUT2D eigenvalue weighted by Crippen LogP contribution is -2.57. The number of rotatable bonds is 2. The Hall–Kier alpha value is -2.34. The lowest BCUT2D eigenvalue weighted by atomic mass is 9.90. The van der Waals surface area contributed by atoms with Crippen molar-refractivity contribution in [1.29, 1.82) is 0 Å². The average molecular weight is 360 g/mol. The molecule has 0 N–H and O–H groups in total. The highest BCUT2D eigenvalue weighted by Crippen LogP contribution is 2.34. The average Bonchev–Trinajstić information content (AvgIpc) is 2.61. The summed E-state index contributed by atoms with van der Waals surface area (Å²) in [5, 5.41) is 0. The molecule has 26 heavy (non-hydrogen) atoms. The Morgan fingerprint density at radius 3 is 2.54 bits per heavy atom. The van der Waals surface area contributed by atoms with Crippen molar-refractivity contribution in [2.45, 2.75) is 25.2 Å². The molecule has 2 aromatic carbocycles. The van der Waals surface area contributed by atoms with E-state index in [0.717, 1.165) is 25.2 Å². The Morgan fingerprint density at radius 1 is 1.04 bits per heavy atom. The molecule has 2 aliphatic rings. The number of carbonyl (C=O) groups excluding carboxylic acids is 1. The van der Waals surface area contributed by atoms with Crippen LogP contribution in [0.3, 0.4) is 0 Å². The van der Waals surface area contributed by atoms with Crippen LogP contribution in [0.15, 0.2) is 48.5 Å². The number of carbonyl (C=O) groups is 1. The molecule has 4 rings (SSSR count). The molecule has 3 nitrogen and oxygen atoms in total. The fourth-order valence-electron chi connectivity index (χ4n) is 3.90. The predicted octanol–water partition coefficient (Wildman–Crippen LogP) is 3.59. The van der Waals surface area contributed by atoms with Crippen molar-refractivity contribution in [1.82, 2.24) is 9.80 Å². The third kappa shape index (κ3) is 3.21. The maximum Gasteiger partial charge on any atom is 0.416 e. The first-order chi connectivity index (χ1) is 12.4. The summed E-state index contributed by atoms with van der Waals surface area (Å²) in [6, 6.07) is 13.5. The van der Waals surface area contributed by atoms with Gasteiger partial charge in [0.1, 0.15) is 0 Å². The van der Waals surface area contributed by atoms with Crippen LogP contribution in [0.1, 0.15) is 27.0 Å². The summed E-state index contributed by atoms with van der Waals surface area (Å²) < 4.78 is 39.0. The molecule has 0 unspecified atom stereocenters. The second-order valence-corrected chi connectivity index (χ2v) is 6.95. The lowest BCUT2D eigenvalue weighted by Gasteiger charge is -2.44. The Kier molecular flexibility index (Phi) is 4.23. The largest absolute Gasteiger partial charge is 0.416 e. The van der Waals surface area contributed by atoms with Crippen molar-refractivity contribution in [3.8, 4) is 0 Å². The van der Waals surface area contributed by atoms with E-state index >= 15 is 0 Å². The van der Waals surface area contributed by atoms with E-state index in [0.29, 0.717) is 30.6 Å². The predicted molar refractivity (Wildman–Crippen MR) is 91.7 cm³/mol. The van der Waals surface area contributed by atoms with Crippen molar-refractivity contribution in [3.63, 3.8) is 0 Å². The Morgan fingerprint density at radius 2 is 1.81 bits per heavy atom. The van der Waals surface area contributed by atoms with Crippen molar-refractivity contribution >= 4 is 5.91 Å². The minimum Gasteiger partial charge on any atom is -0.333 e. The topological polar surface area (TPSA) is 23.6 Å². The SMILES string of the molecule is O=C1c2ccc(C(F)(F)F)cc2C[C@@H]2CN(Cc3ccccc3)CCN12. The normalized spacial score (nSPS) is 20.7. The van der Waals surface area contributed by atoms with Gasteiger partial charge in [0, 0.05) is 37.8 Å². The van der Waals surface area contributed by atoms with Gasteiger partial charge in [-0.25, -0.2) is 0 Å². The minimum atomic E-state index is -4.39. The lowest BCUT2D eigenvalue weighted by molar-refractivity contribution is -0.137. The van der Waals surface area contributed by atoms with Crippen LogP contribution in [-0.2, 0) is 19.1 Å². The van der Waals surface area contributed by atoms with Gasteiger partial charge in [-0.3, -0.25) is 9.69 Å². The van der Waals surface area contributed by atoms with Gasteiger partial charge in [0.2, 0.25) is 0 Å². The van der Waals surface area contributed by atoms with E-state index in [4.69, 9.17) is 0 Å². The van der Waals surface area contributed by atoms with E-state index in [1.807, 2.05) is 23.1 Å². The minimum absolute atomic E-state index is 0.0732. The summed E-state index contributed by atoms with van der Waals surface area (Å²) in [7, 11) is 0. The van der Waals surface area contributed by atoms with Gasteiger partial charge in [0.25, 0.3) is 5.91 Å².